The van der Waals surface area contributed by atoms with Gasteiger partial charge in [-0.15, -0.1) is 11.3 Å². The lowest BCUT2D eigenvalue weighted by Crippen LogP contribution is -2.02. The average Bonchev–Trinajstić information content (AvgIpc) is 2.68. The van der Waals surface area contributed by atoms with E-state index < -0.39 is 0 Å². The van der Waals surface area contributed by atoms with Crippen LogP contribution in [0.1, 0.15) is 16.1 Å². The first kappa shape index (κ1) is 11.6. The number of hydrogen-bond acceptors (Lipinski definition) is 3. The molecule has 4 heteroatoms. The van der Waals surface area contributed by atoms with Gasteiger partial charge in [0.2, 0.25) is 0 Å². The van der Waals surface area contributed by atoms with E-state index in [4.69, 9.17) is 0 Å². The van der Waals surface area contributed by atoms with Gasteiger partial charge in [0.25, 0.3) is 0 Å². The second-order valence-corrected chi connectivity index (χ2v) is 5.59. The molecule has 84 valence electrons. The summed E-state index contributed by atoms with van der Waals surface area (Å²) < 4.78 is 1.13. The summed E-state index contributed by atoms with van der Waals surface area (Å²) in [4.78, 5) is 4.25. The van der Waals surface area contributed by atoms with Crippen LogP contribution in [0.25, 0.3) is 0 Å². The summed E-state index contributed by atoms with van der Waals surface area (Å²) in [6.07, 6.45) is 1.84. The molecule has 2 aromatic rings. The number of aromatic nitrogens is 1. The fraction of sp³-hybridized carbons (Fsp3) is 0.250. The summed E-state index contributed by atoms with van der Waals surface area (Å²) in [5.74, 6) is 0. The van der Waals surface area contributed by atoms with Crippen molar-refractivity contribution in [2.75, 3.05) is 5.32 Å². The SMILES string of the molecule is Cc1cc(Br)cc(C)c1NCc1nccs1. The molecule has 1 N–H and O–H groups in total. The zero-order valence-corrected chi connectivity index (χ0v) is 11.7. The molecule has 2 rings (SSSR count). The molecule has 0 bridgehead atoms. The van der Waals surface area contributed by atoms with E-state index in [1.165, 1.54) is 16.8 Å². The Morgan fingerprint density at radius 1 is 1.31 bits per heavy atom. The Morgan fingerprint density at radius 2 is 2.00 bits per heavy atom. The number of rotatable bonds is 3. The molecule has 0 fully saturated rings. The molecule has 16 heavy (non-hydrogen) atoms. The lowest BCUT2D eigenvalue weighted by Gasteiger charge is -2.12. The van der Waals surface area contributed by atoms with E-state index in [1.807, 2.05) is 11.6 Å². The number of nitrogens with zero attached hydrogens (tertiary/aromatic N) is 1. The van der Waals surface area contributed by atoms with Crippen LogP contribution in [-0.4, -0.2) is 4.98 Å². The predicted octanol–water partition coefficient (Wildman–Crippen LogP) is 4.13. The second-order valence-electron chi connectivity index (χ2n) is 3.69. The monoisotopic (exact) mass is 296 g/mol. The highest BCUT2D eigenvalue weighted by Crippen LogP contribution is 2.25. The fourth-order valence-electron chi connectivity index (χ4n) is 1.69. The van der Waals surface area contributed by atoms with Crippen molar-refractivity contribution in [2.24, 2.45) is 0 Å². The molecule has 0 radical (unpaired) electrons. The predicted molar refractivity (Wildman–Crippen MR) is 73.1 cm³/mol. The third-order valence-electron chi connectivity index (χ3n) is 2.40. The third-order valence-corrected chi connectivity index (χ3v) is 3.63. The maximum absolute atomic E-state index is 4.25. The maximum Gasteiger partial charge on any atom is 0.112 e. The molecule has 0 spiro atoms. The Labute approximate surface area is 108 Å². The third kappa shape index (κ3) is 2.62. The van der Waals surface area contributed by atoms with Gasteiger partial charge in [-0.1, -0.05) is 15.9 Å². The number of anilines is 1. The summed E-state index contributed by atoms with van der Waals surface area (Å²) in [5, 5.41) is 6.55. The standard InChI is InChI=1S/C12H13BrN2S/c1-8-5-10(13)6-9(2)12(8)15-7-11-14-3-4-16-11/h3-6,15H,7H2,1-2H3. The summed E-state index contributed by atoms with van der Waals surface area (Å²) in [6, 6.07) is 4.24. The number of halogens is 1. The Bertz CT molecular complexity index is 457. The van der Waals surface area contributed by atoms with E-state index >= 15 is 0 Å². The van der Waals surface area contributed by atoms with Crippen LogP contribution in [0.4, 0.5) is 5.69 Å². The summed E-state index contributed by atoms with van der Waals surface area (Å²) in [5.41, 5.74) is 3.71. The summed E-state index contributed by atoms with van der Waals surface area (Å²) in [7, 11) is 0. The van der Waals surface area contributed by atoms with Crippen molar-refractivity contribution < 1.29 is 0 Å². The minimum absolute atomic E-state index is 0.793. The molecular formula is C12H13BrN2S. The Kier molecular flexibility index (Phi) is 3.61. The first-order valence-corrected chi connectivity index (χ1v) is 6.73. The first-order chi connectivity index (χ1) is 7.66. The zero-order valence-electron chi connectivity index (χ0n) is 9.25. The van der Waals surface area contributed by atoms with Crippen LogP contribution in [0.5, 0.6) is 0 Å². The highest BCUT2D eigenvalue weighted by atomic mass is 79.9. The van der Waals surface area contributed by atoms with E-state index in [2.05, 4.69) is 52.2 Å². The van der Waals surface area contributed by atoms with Gasteiger partial charge in [-0.2, -0.15) is 0 Å². The van der Waals surface area contributed by atoms with Crippen LogP contribution in [0.3, 0.4) is 0 Å². The van der Waals surface area contributed by atoms with E-state index in [-0.39, 0.29) is 0 Å². The minimum Gasteiger partial charge on any atom is -0.378 e. The van der Waals surface area contributed by atoms with Gasteiger partial charge in [0.05, 0.1) is 6.54 Å². The first-order valence-electron chi connectivity index (χ1n) is 5.06. The van der Waals surface area contributed by atoms with Crippen molar-refractivity contribution in [3.05, 3.63) is 44.3 Å². The summed E-state index contributed by atoms with van der Waals surface area (Å²) >= 11 is 5.17. The molecule has 0 aliphatic carbocycles. The van der Waals surface area contributed by atoms with Crippen LogP contribution >= 0.6 is 27.3 Å². The second kappa shape index (κ2) is 4.97. The maximum atomic E-state index is 4.25. The van der Waals surface area contributed by atoms with Gasteiger partial charge in [-0.25, -0.2) is 4.98 Å². The zero-order chi connectivity index (χ0) is 11.5. The van der Waals surface area contributed by atoms with Crippen molar-refractivity contribution in [1.29, 1.82) is 0 Å². The van der Waals surface area contributed by atoms with Crippen LogP contribution in [0.2, 0.25) is 0 Å². The minimum atomic E-state index is 0.793. The quantitative estimate of drug-likeness (QED) is 0.921. The number of hydrogen-bond donors (Lipinski definition) is 1. The molecule has 1 aromatic heterocycles. The molecule has 0 aliphatic heterocycles. The Morgan fingerprint density at radius 3 is 2.56 bits per heavy atom. The highest BCUT2D eigenvalue weighted by molar-refractivity contribution is 9.10. The van der Waals surface area contributed by atoms with E-state index in [0.29, 0.717) is 0 Å². The number of thiazole rings is 1. The molecule has 0 saturated heterocycles. The van der Waals surface area contributed by atoms with Gasteiger partial charge < -0.3 is 5.32 Å². The van der Waals surface area contributed by atoms with Crippen molar-refractivity contribution >= 4 is 33.0 Å². The molecule has 0 saturated carbocycles. The van der Waals surface area contributed by atoms with E-state index in [1.54, 1.807) is 11.3 Å². The van der Waals surface area contributed by atoms with E-state index in [0.717, 1.165) is 16.0 Å². The molecule has 0 aliphatic rings. The van der Waals surface area contributed by atoms with Gasteiger partial charge in [0.15, 0.2) is 0 Å². The van der Waals surface area contributed by atoms with Gasteiger partial charge in [0.1, 0.15) is 5.01 Å². The lowest BCUT2D eigenvalue weighted by atomic mass is 10.1. The Hall–Kier alpha value is -0.870. The molecule has 2 nitrogen and oxygen atoms in total. The van der Waals surface area contributed by atoms with Crippen molar-refractivity contribution in [3.63, 3.8) is 0 Å². The lowest BCUT2D eigenvalue weighted by molar-refractivity contribution is 1.09. The van der Waals surface area contributed by atoms with E-state index in [9.17, 15) is 0 Å². The normalized spacial score (nSPS) is 10.4. The van der Waals surface area contributed by atoms with Crippen LogP contribution < -0.4 is 5.32 Å². The van der Waals surface area contributed by atoms with Gasteiger partial charge in [-0.05, 0) is 37.1 Å². The van der Waals surface area contributed by atoms with Gasteiger partial charge in [0, 0.05) is 21.7 Å². The van der Waals surface area contributed by atoms with Crippen LogP contribution in [-0.2, 0) is 6.54 Å². The molecule has 0 atom stereocenters. The molecular weight excluding hydrogens is 284 g/mol. The largest absolute Gasteiger partial charge is 0.378 e. The van der Waals surface area contributed by atoms with Gasteiger partial charge >= 0.3 is 0 Å². The molecule has 1 aromatic carbocycles. The highest BCUT2D eigenvalue weighted by Gasteiger charge is 2.04. The topological polar surface area (TPSA) is 24.9 Å². The summed E-state index contributed by atoms with van der Waals surface area (Å²) in [6.45, 7) is 5.02. The molecule has 1 heterocycles. The number of aryl methyl sites for hydroxylation is 2. The number of benzene rings is 1. The number of nitrogens with one attached hydrogen (secondary N) is 1. The van der Waals surface area contributed by atoms with Crippen molar-refractivity contribution in [1.82, 2.24) is 4.98 Å². The van der Waals surface area contributed by atoms with Crippen LogP contribution in [0.15, 0.2) is 28.2 Å². The average molecular weight is 297 g/mol. The fourth-order valence-corrected chi connectivity index (χ4v) is 2.94. The van der Waals surface area contributed by atoms with Gasteiger partial charge in [-0.3, -0.25) is 0 Å². The molecule has 0 amide bonds. The van der Waals surface area contributed by atoms with Crippen LogP contribution in [0, 0.1) is 13.8 Å². The smallest absolute Gasteiger partial charge is 0.112 e. The van der Waals surface area contributed by atoms with Crippen molar-refractivity contribution in [2.45, 2.75) is 20.4 Å². The van der Waals surface area contributed by atoms with Crippen molar-refractivity contribution in [3.8, 4) is 0 Å². The Balaban J connectivity index is 2.15. The molecule has 0 unspecified atom stereocenters.